The molecule has 2 atom stereocenters. The van der Waals surface area contributed by atoms with Crippen LogP contribution in [0.15, 0.2) is 72.1 Å². The van der Waals surface area contributed by atoms with Crippen LogP contribution in [0.4, 0.5) is 0 Å². The molecule has 4 nitrogen and oxygen atoms in total. The number of amides is 1. The molecule has 3 rings (SSSR count). The number of carbonyl (C=O) groups is 1. The van der Waals surface area contributed by atoms with E-state index in [-0.39, 0.29) is 16.2 Å². The fourth-order valence-corrected chi connectivity index (χ4v) is 4.87. The first-order valence-electron chi connectivity index (χ1n) is 8.97. The van der Waals surface area contributed by atoms with Crippen molar-refractivity contribution < 1.29 is 13.2 Å². The van der Waals surface area contributed by atoms with Crippen LogP contribution in [0, 0.1) is 16.7 Å². The van der Waals surface area contributed by atoms with Crippen molar-refractivity contribution in [1.29, 1.82) is 0 Å². The van der Waals surface area contributed by atoms with E-state index in [9.17, 15) is 13.2 Å². The van der Waals surface area contributed by atoms with Crippen molar-refractivity contribution in [2.75, 3.05) is 0 Å². The molecule has 0 saturated heterocycles. The molecule has 2 aromatic carbocycles. The predicted molar refractivity (Wildman–Crippen MR) is 107 cm³/mol. The quantitative estimate of drug-likeness (QED) is 0.779. The SMILES string of the molecule is C=C[C@@H]1C[C@@]1(C(=O)NS(=O)(=O)c1cccc(-c2ccccc2)c1)C(C)(C)C. The highest BCUT2D eigenvalue weighted by molar-refractivity contribution is 7.90. The lowest BCUT2D eigenvalue weighted by atomic mass is 9.75. The summed E-state index contributed by atoms with van der Waals surface area (Å²) in [4.78, 5) is 13.0. The van der Waals surface area contributed by atoms with Crippen LogP contribution in [-0.4, -0.2) is 14.3 Å². The minimum Gasteiger partial charge on any atom is -0.273 e. The number of carbonyl (C=O) groups excluding carboxylic acids is 1. The maximum Gasteiger partial charge on any atom is 0.264 e. The summed E-state index contributed by atoms with van der Waals surface area (Å²) in [6, 6.07) is 16.2. The Bertz CT molecular complexity index is 974. The highest BCUT2D eigenvalue weighted by atomic mass is 32.2. The zero-order valence-corrected chi connectivity index (χ0v) is 16.7. The first-order valence-corrected chi connectivity index (χ1v) is 10.5. The van der Waals surface area contributed by atoms with Gasteiger partial charge in [0.05, 0.1) is 10.3 Å². The monoisotopic (exact) mass is 383 g/mol. The number of nitrogens with one attached hydrogen (secondary N) is 1. The lowest BCUT2D eigenvalue weighted by molar-refractivity contribution is -0.128. The van der Waals surface area contributed by atoms with Gasteiger partial charge in [0.1, 0.15) is 0 Å². The van der Waals surface area contributed by atoms with Crippen molar-refractivity contribution in [3.8, 4) is 11.1 Å². The lowest BCUT2D eigenvalue weighted by Gasteiger charge is -2.30. The normalized spacial score (nSPS) is 22.1. The summed E-state index contributed by atoms with van der Waals surface area (Å²) in [6.45, 7) is 9.66. The average molecular weight is 384 g/mol. The third-order valence-corrected chi connectivity index (χ3v) is 6.85. The van der Waals surface area contributed by atoms with Gasteiger partial charge in [0.2, 0.25) is 5.91 Å². The Balaban J connectivity index is 1.90. The molecule has 0 unspecified atom stereocenters. The molecule has 0 spiro atoms. The number of hydrogen-bond donors (Lipinski definition) is 1. The molecule has 1 aliphatic rings. The summed E-state index contributed by atoms with van der Waals surface area (Å²) in [5.41, 5.74) is 0.601. The maximum atomic E-state index is 12.9. The minimum atomic E-state index is -3.96. The predicted octanol–water partition coefficient (Wildman–Crippen LogP) is 4.40. The van der Waals surface area contributed by atoms with Crippen LogP contribution < -0.4 is 4.72 Å². The third kappa shape index (κ3) is 3.44. The van der Waals surface area contributed by atoms with Gasteiger partial charge in [0, 0.05) is 0 Å². The molecule has 142 valence electrons. The smallest absolute Gasteiger partial charge is 0.264 e. The van der Waals surface area contributed by atoms with E-state index in [1.165, 1.54) is 6.07 Å². The molecule has 1 saturated carbocycles. The van der Waals surface area contributed by atoms with Crippen molar-refractivity contribution in [2.45, 2.75) is 32.1 Å². The molecule has 1 fully saturated rings. The van der Waals surface area contributed by atoms with Crippen molar-refractivity contribution in [3.05, 3.63) is 67.3 Å². The van der Waals surface area contributed by atoms with Crippen LogP contribution in [0.25, 0.3) is 11.1 Å². The van der Waals surface area contributed by atoms with E-state index in [1.807, 2.05) is 57.2 Å². The average Bonchev–Trinajstić information content (AvgIpc) is 3.39. The zero-order valence-electron chi connectivity index (χ0n) is 15.9. The summed E-state index contributed by atoms with van der Waals surface area (Å²) in [6.07, 6.45) is 2.36. The largest absolute Gasteiger partial charge is 0.273 e. The van der Waals surface area contributed by atoms with Gasteiger partial charge in [-0.15, -0.1) is 6.58 Å². The summed E-state index contributed by atoms with van der Waals surface area (Å²) in [5.74, 6) is -0.464. The van der Waals surface area contributed by atoms with Crippen LogP contribution in [-0.2, 0) is 14.8 Å². The van der Waals surface area contributed by atoms with Crippen LogP contribution in [0.5, 0.6) is 0 Å². The van der Waals surface area contributed by atoms with Crippen molar-refractivity contribution in [2.24, 2.45) is 16.7 Å². The number of rotatable bonds is 5. The van der Waals surface area contributed by atoms with Gasteiger partial charge in [0.15, 0.2) is 0 Å². The van der Waals surface area contributed by atoms with E-state index in [0.717, 1.165) is 11.1 Å². The number of hydrogen-bond acceptors (Lipinski definition) is 3. The van der Waals surface area contributed by atoms with E-state index in [2.05, 4.69) is 11.3 Å². The maximum absolute atomic E-state index is 12.9. The van der Waals surface area contributed by atoms with E-state index in [4.69, 9.17) is 0 Å². The Labute approximate surface area is 161 Å². The van der Waals surface area contributed by atoms with E-state index >= 15 is 0 Å². The molecule has 1 aliphatic carbocycles. The van der Waals surface area contributed by atoms with Gasteiger partial charge in [-0.2, -0.15) is 0 Å². The second-order valence-corrected chi connectivity index (χ2v) is 9.78. The second kappa shape index (κ2) is 6.64. The Morgan fingerprint density at radius 2 is 1.74 bits per heavy atom. The first kappa shape index (κ1) is 19.4. The van der Waals surface area contributed by atoms with Crippen molar-refractivity contribution in [3.63, 3.8) is 0 Å². The Kier molecular flexibility index (Phi) is 4.76. The molecule has 1 amide bonds. The van der Waals surface area contributed by atoms with Gasteiger partial charge in [-0.3, -0.25) is 4.79 Å². The lowest BCUT2D eigenvalue weighted by Crippen LogP contribution is -2.43. The summed E-state index contributed by atoms with van der Waals surface area (Å²) < 4.78 is 28.0. The Hall–Kier alpha value is -2.40. The summed E-state index contributed by atoms with van der Waals surface area (Å²) >= 11 is 0. The molecule has 27 heavy (non-hydrogen) atoms. The molecule has 0 heterocycles. The van der Waals surface area contributed by atoms with Gasteiger partial charge in [-0.1, -0.05) is 69.3 Å². The molecule has 0 radical (unpaired) electrons. The molecule has 5 heteroatoms. The van der Waals surface area contributed by atoms with Gasteiger partial charge in [-0.25, -0.2) is 13.1 Å². The van der Waals surface area contributed by atoms with Crippen LogP contribution >= 0.6 is 0 Å². The van der Waals surface area contributed by atoms with Crippen molar-refractivity contribution >= 4 is 15.9 Å². The van der Waals surface area contributed by atoms with Crippen molar-refractivity contribution in [1.82, 2.24) is 4.72 Å². The highest BCUT2D eigenvalue weighted by Gasteiger charge is 2.65. The van der Waals surface area contributed by atoms with Crippen LogP contribution in [0.3, 0.4) is 0 Å². The summed E-state index contributed by atoms with van der Waals surface area (Å²) in [7, 11) is -3.96. The Morgan fingerprint density at radius 3 is 2.30 bits per heavy atom. The number of benzene rings is 2. The molecule has 0 bridgehead atoms. The van der Waals surface area contributed by atoms with Gasteiger partial charge >= 0.3 is 0 Å². The number of sulfonamides is 1. The van der Waals surface area contributed by atoms with E-state index < -0.39 is 21.3 Å². The fraction of sp³-hybridized carbons (Fsp3) is 0.318. The standard InChI is InChI=1S/C22H25NO3S/c1-5-18-15-22(18,21(2,3)4)20(24)23-27(25,26)19-13-9-12-17(14-19)16-10-7-6-8-11-16/h5-14,18H,1,15H2,2-4H3,(H,23,24)/t18-,22-/m1/s1. The first-order chi connectivity index (χ1) is 12.6. The van der Waals surface area contributed by atoms with Crippen LogP contribution in [0.1, 0.15) is 27.2 Å². The van der Waals surface area contributed by atoms with Gasteiger partial charge in [-0.05, 0) is 41.0 Å². The minimum absolute atomic E-state index is 0.0108. The Morgan fingerprint density at radius 1 is 1.11 bits per heavy atom. The molecule has 0 aliphatic heterocycles. The van der Waals surface area contributed by atoms with Gasteiger partial charge in [0.25, 0.3) is 10.0 Å². The zero-order chi connectivity index (χ0) is 19.9. The summed E-state index contributed by atoms with van der Waals surface area (Å²) in [5, 5.41) is 0. The fourth-order valence-electron chi connectivity index (χ4n) is 3.78. The topological polar surface area (TPSA) is 63.2 Å². The molecule has 0 aromatic heterocycles. The van der Waals surface area contributed by atoms with E-state index in [1.54, 1.807) is 18.2 Å². The molecular formula is C22H25NO3S. The third-order valence-electron chi connectivity index (χ3n) is 5.52. The molecule has 2 aromatic rings. The van der Waals surface area contributed by atoms with Crippen LogP contribution in [0.2, 0.25) is 0 Å². The molecular weight excluding hydrogens is 358 g/mol. The molecule has 1 N–H and O–H groups in total. The number of allylic oxidation sites excluding steroid dienone is 1. The second-order valence-electron chi connectivity index (χ2n) is 8.10. The highest BCUT2D eigenvalue weighted by Crippen LogP contribution is 2.64. The van der Waals surface area contributed by atoms with Gasteiger partial charge < -0.3 is 0 Å². The van der Waals surface area contributed by atoms with E-state index in [0.29, 0.717) is 6.42 Å².